The summed E-state index contributed by atoms with van der Waals surface area (Å²) in [6.45, 7) is 7.98. The first kappa shape index (κ1) is 24.2. The number of rotatable bonds is 14. The van der Waals surface area contributed by atoms with Crippen LogP contribution in [0.3, 0.4) is 0 Å². The van der Waals surface area contributed by atoms with Gasteiger partial charge in [0.15, 0.2) is 0 Å². The quantitative estimate of drug-likeness (QED) is 0.182. The molecule has 0 aliphatic carbocycles. The zero-order valence-corrected chi connectivity index (χ0v) is 19.0. The van der Waals surface area contributed by atoms with Crippen LogP contribution in [0.25, 0.3) is 0 Å². The summed E-state index contributed by atoms with van der Waals surface area (Å²) in [7, 11) is 1.49. The molecule has 0 spiro atoms. The summed E-state index contributed by atoms with van der Waals surface area (Å²) in [5.41, 5.74) is 2.96. The summed E-state index contributed by atoms with van der Waals surface area (Å²) in [4.78, 5) is 12.9. The van der Waals surface area contributed by atoms with E-state index < -0.39 is 0 Å². The maximum Gasteiger partial charge on any atom is 0.316 e. The minimum Gasteiger partial charge on any atom is -0.493 e. The van der Waals surface area contributed by atoms with Gasteiger partial charge < -0.3 is 19.0 Å². The Bertz CT molecular complexity index is 812. The van der Waals surface area contributed by atoms with Gasteiger partial charge in [0.1, 0.15) is 25.2 Å². The van der Waals surface area contributed by atoms with E-state index in [1.165, 1.54) is 7.11 Å². The molecule has 0 radical (unpaired) electrons. The molecule has 2 aromatic rings. The van der Waals surface area contributed by atoms with Gasteiger partial charge in [-0.3, -0.25) is 0 Å². The standard InChI is InChI=1S/C24H33N3O4/c1-5-6-11-29-22-14-19(2)23(20(3)15-22)30-12-9-7-8-10-13-31-24-25-16-21(17-26-24)18-27-28-4/h5-6,14-18H,7-13H2,1-4H3/b6-5+,27-18?. The number of hydrogen-bond donors (Lipinski definition) is 0. The SMILES string of the molecule is C/C=C/COc1cc(C)c(OCCCCCCOc2ncc(C=NOC)cn2)c(C)c1. The largest absolute Gasteiger partial charge is 0.493 e. The van der Waals surface area contributed by atoms with E-state index >= 15 is 0 Å². The number of nitrogens with zero attached hydrogens (tertiary/aromatic N) is 3. The summed E-state index contributed by atoms with van der Waals surface area (Å²) in [5.74, 6) is 1.83. The van der Waals surface area contributed by atoms with Gasteiger partial charge >= 0.3 is 6.01 Å². The van der Waals surface area contributed by atoms with Crippen LogP contribution < -0.4 is 14.2 Å². The van der Waals surface area contributed by atoms with E-state index in [0.29, 0.717) is 25.8 Å². The summed E-state index contributed by atoms with van der Waals surface area (Å²) in [6.07, 6.45) is 12.9. The topological polar surface area (TPSA) is 75.1 Å². The average Bonchev–Trinajstić information content (AvgIpc) is 2.76. The molecule has 0 unspecified atom stereocenters. The van der Waals surface area contributed by atoms with Crippen molar-refractivity contribution in [1.82, 2.24) is 9.97 Å². The predicted molar refractivity (Wildman–Crippen MR) is 122 cm³/mol. The highest BCUT2D eigenvalue weighted by molar-refractivity contribution is 5.77. The molecule has 0 N–H and O–H groups in total. The van der Waals surface area contributed by atoms with Gasteiger partial charge in [-0.1, -0.05) is 17.3 Å². The Kier molecular flexibility index (Phi) is 10.9. The second kappa shape index (κ2) is 14.0. The van der Waals surface area contributed by atoms with Crippen LogP contribution in [0.1, 0.15) is 49.3 Å². The van der Waals surface area contributed by atoms with Gasteiger partial charge in [-0.25, -0.2) is 9.97 Å². The van der Waals surface area contributed by atoms with E-state index in [9.17, 15) is 0 Å². The van der Waals surface area contributed by atoms with E-state index in [1.807, 2.05) is 31.2 Å². The molecule has 0 aliphatic rings. The third-order valence-corrected chi connectivity index (χ3v) is 4.49. The molecule has 31 heavy (non-hydrogen) atoms. The lowest BCUT2D eigenvalue weighted by atomic mass is 10.1. The van der Waals surface area contributed by atoms with Gasteiger partial charge in [0.2, 0.25) is 0 Å². The number of hydrogen-bond acceptors (Lipinski definition) is 7. The molecule has 0 amide bonds. The molecule has 1 heterocycles. The zero-order chi connectivity index (χ0) is 22.3. The second-order valence-corrected chi connectivity index (χ2v) is 7.09. The molecule has 0 saturated carbocycles. The van der Waals surface area contributed by atoms with Crippen molar-refractivity contribution in [3.8, 4) is 17.5 Å². The lowest BCUT2D eigenvalue weighted by Crippen LogP contribution is -2.03. The van der Waals surface area contributed by atoms with Crippen molar-refractivity contribution < 1.29 is 19.0 Å². The van der Waals surface area contributed by atoms with Crippen LogP contribution in [0, 0.1) is 13.8 Å². The summed E-state index contributed by atoms with van der Waals surface area (Å²) in [5, 5.41) is 3.67. The van der Waals surface area contributed by atoms with Crippen LogP contribution in [-0.4, -0.2) is 43.1 Å². The Morgan fingerprint density at radius 1 is 0.903 bits per heavy atom. The molecule has 1 aromatic heterocycles. The first-order valence-corrected chi connectivity index (χ1v) is 10.6. The van der Waals surface area contributed by atoms with Crippen molar-refractivity contribution in [3.05, 3.63) is 53.4 Å². The summed E-state index contributed by atoms with van der Waals surface area (Å²) >= 11 is 0. The van der Waals surface area contributed by atoms with Crippen molar-refractivity contribution in [2.45, 2.75) is 46.5 Å². The van der Waals surface area contributed by atoms with Gasteiger partial charge in [0, 0.05) is 18.0 Å². The number of oxime groups is 1. The zero-order valence-electron chi connectivity index (χ0n) is 19.0. The minimum absolute atomic E-state index is 0.377. The van der Waals surface area contributed by atoms with Crippen molar-refractivity contribution in [2.75, 3.05) is 26.9 Å². The Balaban J connectivity index is 1.60. The molecular weight excluding hydrogens is 394 g/mol. The van der Waals surface area contributed by atoms with Gasteiger partial charge in [0.05, 0.1) is 19.4 Å². The van der Waals surface area contributed by atoms with Gasteiger partial charge in [-0.15, -0.1) is 0 Å². The summed E-state index contributed by atoms with van der Waals surface area (Å²) in [6, 6.07) is 4.44. The van der Waals surface area contributed by atoms with Crippen molar-refractivity contribution in [3.63, 3.8) is 0 Å². The van der Waals surface area contributed by atoms with Crippen LogP contribution in [-0.2, 0) is 4.84 Å². The highest BCUT2D eigenvalue weighted by Crippen LogP contribution is 2.28. The van der Waals surface area contributed by atoms with Crippen LogP contribution in [0.4, 0.5) is 0 Å². The van der Waals surface area contributed by atoms with E-state index in [0.717, 1.165) is 53.9 Å². The van der Waals surface area contributed by atoms with Crippen LogP contribution in [0.15, 0.2) is 41.8 Å². The molecule has 0 bridgehead atoms. The van der Waals surface area contributed by atoms with Crippen LogP contribution in [0.2, 0.25) is 0 Å². The second-order valence-electron chi connectivity index (χ2n) is 7.09. The minimum atomic E-state index is 0.377. The molecule has 168 valence electrons. The van der Waals surface area contributed by atoms with Crippen molar-refractivity contribution in [1.29, 1.82) is 0 Å². The average molecular weight is 428 g/mol. The van der Waals surface area contributed by atoms with Gasteiger partial charge in [0.25, 0.3) is 0 Å². The third-order valence-electron chi connectivity index (χ3n) is 4.49. The molecule has 0 fully saturated rings. The van der Waals surface area contributed by atoms with E-state index in [-0.39, 0.29) is 0 Å². The van der Waals surface area contributed by atoms with Crippen molar-refractivity contribution >= 4 is 6.21 Å². The Morgan fingerprint density at radius 3 is 2.16 bits per heavy atom. The number of unbranched alkanes of at least 4 members (excludes halogenated alkanes) is 3. The molecule has 7 heteroatoms. The maximum atomic E-state index is 6.02. The van der Waals surface area contributed by atoms with E-state index in [1.54, 1.807) is 18.6 Å². The Hall–Kier alpha value is -3.09. The molecular formula is C24H33N3O4. The number of aryl methyl sites for hydroxylation is 2. The number of allylic oxidation sites excluding steroid dienone is 1. The monoisotopic (exact) mass is 427 g/mol. The lowest BCUT2D eigenvalue weighted by molar-refractivity contribution is 0.215. The first-order chi connectivity index (χ1) is 15.1. The number of ether oxygens (including phenoxy) is 3. The highest BCUT2D eigenvalue weighted by atomic mass is 16.6. The van der Waals surface area contributed by atoms with Crippen LogP contribution in [0.5, 0.6) is 17.5 Å². The van der Waals surface area contributed by atoms with Crippen LogP contribution >= 0.6 is 0 Å². The third kappa shape index (κ3) is 9.07. The molecule has 7 nitrogen and oxygen atoms in total. The molecule has 0 atom stereocenters. The fourth-order valence-corrected chi connectivity index (χ4v) is 2.94. The van der Waals surface area contributed by atoms with Gasteiger partial charge in [-0.05, 0) is 69.7 Å². The van der Waals surface area contributed by atoms with E-state index in [4.69, 9.17) is 14.2 Å². The fourth-order valence-electron chi connectivity index (χ4n) is 2.94. The predicted octanol–water partition coefficient (Wildman–Crippen LogP) is 5.05. The lowest BCUT2D eigenvalue weighted by Gasteiger charge is -2.14. The highest BCUT2D eigenvalue weighted by Gasteiger charge is 2.07. The Morgan fingerprint density at radius 2 is 1.55 bits per heavy atom. The first-order valence-electron chi connectivity index (χ1n) is 10.6. The number of aromatic nitrogens is 2. The van der Waals surface area contributed by atoms with Gasteiger partial charge in [-0.2, -0.15) is 0 Å². The molecule has 2 rings (SSSR count). The molecule has 0 aliphatic heterocycles. The number of benzene rings is 1. The maximum absolute atomic E-state index is 6.02. The molecule has 1 aromatic carbocycles. The van der Waals surface area contributed by atoms with E-state index in [2.05, 4.69) is 33.8 Å². The summed E-state index contributed by atoms with van der Waals surface area (Å²) < 4.78 is 17.3. The molecule has 0 saturated heterocycles. The smallest absolute Gasteiger partial charge is 0.316 e. The Labute approximate surface area is 185 Å². The van der Waals surface area contributed by atoms with Crippen molar-refractivity contribution in [2.24, 2.45) is 5.16 Å². The fraction of sp³-hybridized carbons (Fsp3) is 0.458. The normalized spacial score (nSPS) is 11.2.